The summed E-state index contributed by atoms with van der Waals surface area (Å²) < 4.78 is 4.95. The van der Waals surface area contributed by atoms with E-state index in [9.17, 15) is 0 Å². The van der Waals surface area contributed by atoms with Gasteiger partial charge in [0.25, 0.3) is 0 Å². The Morgan fingerprint density at radius 3 is 2.06 bits per heavy atom. The average molecular weight is 222 g/mol. The minimum absolute atomic E-state index is 0.558. The molecule has 3 nitrogen and oxygen atoms in total. The summed E-state index contributed by atoms with van der Waals surface area (Å²) in [6.45, 7) is 8.17. The molecule has 1 aromatic rings. The van der Waals surface area contributed by atoms with Gasteiger partial charge in [-0.1, -0.05) is 26.0 Å². The summed E-state index contributed by atoms with van der Waals surface area (Å²) >= 11 is 0. The summed E-state index contributed by atoms with van der Waals surface area (Å²) in [7, 11) is -1.76. The predicted octanol–water partition coefficient (Wildman–Crippen LogP) is 1.85. The third-order valence-corrected chi connectivity index (χ3v) is 2.39. The lowest BCUT2D eigenvalue weighted by Crippen LogP contribution is -2.21. The maximum atomic E-state index is 8.80. The Kier molecular flexibility index (Phi) is 4.39. The van der Waals surface area contributed by atoms with Crippen LogP contribution < -0.4 is 4.65 Å². The molecule has 0 amide bonds. The van der Waals surface area contributed by atoms with Crippen LogP contribution in [0.15, 0.2) is 12.1 Å². The van der Waals surface area contributed by atoms with E-state index in [-0.39, 0.29) is 0 Å². The fourth-order valence-electron chi connectivity index (χ4n) is 1.92. The van der Waals surface area contributed by atoms with E-state index in [4.69, 9.17) is 14.7 Å². The highest BCUT2D eigenvalue weighted by molar-refractivity contribution is 6.33. The van der Waals surface area contributed by atoms with Crippen LogP contribution in [0.1, 0.15) is 30.5 Å². The zero-order chi connectivity index (χ0) is 12.3. The first-order chi connectivity index (χ1) is 7.40. The van der Waals surface area contributed by atoms with Crippen molar-refractivity contribution in [3.8, 4) is 5.75 Å². The van der Waals surface area contributed by atoms with Gasteiger partial charge in [0.15, 0.2) is 0 Å². The van der Waals surface area contributed by atoms with Crippen molar-refractivity contribution in [2.75, 3.05) is 0 Å². The van der Waals surface area contributed by atoms with Gasteiger partial charge >= 0.3 is 7.32 Å². The molecule has 0 unspecified atom stereocenters. The molecule has 1 aromatic carbocycles. The van der Waals surface area contributed by atoms with E-state index < -0.39 is 7.32 Å². The minimum atomic E-state index is -1.76. The molecular weight excluding hydrogens is 203 g/mol. The van der Waals surface area contributed by atoms with Crippen molar-refractivity contribution >= 4 is 7.32 Å². The zero-order valence-electron chi connectivity index (χ0n) is 10.3. The second-order valence-corrected chi connectivity index (χ2v) is 4.60. The molecule has 0 spiro atoms. The summed E-state index contributed by atoms with van der Waals surface area (Å²) in [6, 6.07) is 4.06. The molecule has 2 N–H and O–H groups in total. The lowest BCUT2D eigenvalue weighted by molar-refractivity contribution is 0.286. The van der Waals surface area contributed by atoms with Crippen LogP contribution in [-0.2, 0) is 6.42 Å². The number of aryl methyl sites for hydroxylation is 2. The van der Waals surface area contributed by atoms with E-state index in [1.54, 1.807) is 0 Å². The summed E-state index contributed by atoms with van der Waals surface area (Å²) in [6.07, 6.45) is 1.02. The fraction of sp³-hybridized carbons (Fsp3) is 0.500. The first kappa shape index (κ1) is 13.1. The second-order valence-electron chi connectivity index (χ2n) is 4.60. The lowest BCUT2D eigenvalue weighted by atomic mass is 9.98. The molecule has 0 bridgehead atoms. The number of rotatable bonds is 4. The number of hydrogen-bond donors (Lipinski definition) is 2. The van der Waals surface area contributed by atoms with Gasteiger partial charge in [0.1, 0.15) is 5.75 Å². The van der Waals surface area contributed by atoms with Crippen LogP contribution >= 0.6 is 0 Å². The SMILES string of the molecule is Cc1cc(CC(C)C)cc(C)c1OB(O)O. The number of benzene rings is 1. The van der Waals surface area contributed by atoms with Gasteiger partial charge in [-0.2, -0.15) is 0 Å². The van der Waals surface area contributed by atoms with Gasteiger partial charge in [-0.3, -0.25) is 0 Å². The summed E-state index contributed by atoms with van der Waals surface area (Å²) in [4.78, 5) is 0. The van der Waals surface area contributed by atoms with Gasteiger partial charge in [-0.15, -0.1) is 0 Å². The largest absolute Gasteiger partial charge is 0.707 e. The van der Waals surface area contributed by atoms with Gasteiger partial charge in [0.2, 0.25) is 0 Å². The van der Waals surface area contributed by atoms with Crippen molar-refractivity contribution in [1.29, 1.82) is 0 Å². The van der Waals surface area contributed by atoms with Gasteiger partial charge in [-0.05, 0) is 42.9 Å². The molecule has 0 radical (unpaired) electrons. The smallest absolute Gasteiger partial charge is 0.512 e. The topological polar surface area (TPSA) is 49.7 Å². The van der Waals surface area contributed by atoms with Gasteiger partial charge in [-0.25, -0.2) is 0 Å². The summed E-state index contributed by atoms with van der Waals surface area (Å²) in [5.41, 5.74) is 3.12. The summed E-state index contributed by atoms with van der Waals surface area (Å²) in [5, 5.41) is 17.6. The van der Waals surface area contributed by atoms with Crippen molar-refractivity contribution in [1.82, 2.24) is 0 Å². The minimum Gasteiger partial charge on any atom is -0.512 e. The van der Waals surface area contributed by atoms with Crippen molar-refractivity contribution in [3.63, 3.8) is 0 Å². The Bertz CT molecular complexity index is 338. The molecule has 0 aliphatic rings. The van der Waals surface area contributed by atoms with E-state index in [0.29, 0.717) is 11.7 Å². The molecule has 0 aromatic heterocycles. The Hall–Kier alpha value is -0.995. The maximum Gasteiger partial charge on any atom is 0.707 e. The van der Waals surface area contributed by atoms with Gasteiger partial charge in [0, 0.05) is 0 Å². The number of hydrogen-bond acceptors (Lipinski definition) is 3. The normalized spacial score (nSPS) is 10.7. The van der Waals surface area contributed by atoms with E-state index in [1.165, 1.54) is 5.56 Å². The molecule has 1 rings (SSSR count). The van der Waals surface area contributed by atoms with Crippen LogP contribution in [0.4, 0.5) is 0 Å². The Balaban J connectivity index is 2.98. The molecule has 0 atom stereocenters. The van der Waals surface area contributed by atoms with Crippen LogP contribution in [0.3, 0.4) is 0 Å². The van der Waals surface area contributed by atoms with Crippen molar-refractivity contribution in [2.45, 2.75) is 34.1 Å². The third kappa shape index (κ3) is 3.54. The molecule has 0 fully saturated rings. The standard InChI is InChI=1S/C12H19BO3/c1-8(2)5-11-6-9(3)12(10(4)7-11)16-13(14)15/h6-8,14-15H,5H2,1-4H3. The Morgan fingerprint density at radius 1 is 1.19 bits per heavy atom. The first-order valence-corrected chi connectivity index (χ1v) is 5.53. The van der Waals surface area contributed by atoms with Crippen LogP contribution in [-0.4, -0.2) is 17.4 Å². The molecule has 0 heterocycles. The Morgan fingerprint density at radius 2 is 1.69 bits per heavy atom. The lowest BCUT2D eigenvalue weighted by Gasteiger charge is -2.14. The van der Waals surface area contributed by atoms with E-state index in [0.717, 1.165) is 17.5 Å². The van der Waals surface area contributed by atoms with Crippen molar-refractivity contribution < 1.29 is 14.7 Å². The van der Waals surface area contributed by atoms with Crippen molar-refractivity contribution in [2.24, 2.45) is 5.92 Å². The van der Waals surface area contributed by atoms with E-state index in [2.05, 4.69) is 13.8 Å². The van der Waals surface area contributed by atoms with Crippen LogP contribution in [0.5, 0.6) is 5.75 Å². The highest BCUT2D eigenvalue weighted by Gasteiger charge is 2.15. The van der Waals surface area contributed by atoms with E-state index in [1.807, 2.05) is 26.0 Å². The Labute approximate surface area is 97.3 Å². The molecule has 0 aliphatic carbocycles. The molecule has 0 saturated heterocycles. The molecular formula is C12H19BO3. The van der Waals surface area contributed by atoms with Crippen LogP contribution in [0.25, 0.3) is 0 Å². The molecule has 0 aliphatic heterocycles. The highest BCUT2D eigenvalue weighted by Crippen LogP contribution is 2.26. The predicted molar refractivity (Wildman–Crippen MR) is 65.3 cm³/mol. The highest BCUT2D eigenvalue weighted by atomic mass is 16.6. The zero-order valence-corrected chi connectivity index (χ0v) is 10.3. The van der Waals surface area contributed by atoms with Gasteiger partial charge < -0.3 is 14.7 Å². The van der Waals surface area contributed by atoms with Crippen molar-refractivity contribution in [3.05, 3.63) is 28.8 Å². The fourth-order valence-corrected chi connectivity index (χ4v) is 1.92. The molecule has 16 heavy (non-hydrogen) atoms. The second kappa shape index (κ2) is 5.37. The summed E-state index contributed by atoms with van der Waals surface area (Å²) in [5.74, 6) is 1.16. The molecule has 4 heteroatoms. The first-order valence-electron chi connectivity index (χ1n) is 5.53. The average Bonchev–Trinajstić information content (AvgIpc) is 2.10. The third-order valence-electron chi connectivity index (χ3n) is 2.39. The van der Waals surface area contributed by atoms with Crippen LogP contribution in [0, 0.1) is 19.8 Å². The quantitative estimate of drug-likeness (QED) is 0.764. The molecule has 88 valence electrons. The maximum absolute atomic E-state index is 8.80. The van der Waals surface area contributed by atoms with Gasteiger partial charge in [0.05, 0.1) is 0 Å². The molecule has 0 saturated carbocycles. The van der Waals surface area contributed by atoms with Crippen LogP contribution in [0.2, 0.25) is 0 Å². The van der Waals surface area contributed by atoms with E-state index >= 15 is 0 Å². The monoisotopic (exact) mass is 222 g/mol.